The summed E-state index contributed by atoms with van der Waals surface area (Å²) in [4.78, 5) is 0. The molecule has 62 valence electrons. The molecule has 0 bridgehead atoms. The van der Waals surface area contributed by atoms with Gasteiger partial charge in [0, 0.05) is 3.57 Å². The molecule has 0 unspecified atom stereocenters. The first-order valence-electron chi connectivity index (χ1n) is 3.04. The number of nitrogens with one attached hydrogen (secondary N) is 1. The van der Waals surface area contributed by atoms with E-state index in [0.29, 0.717) is 9.09 Å². The van der Waals surface area contributed by atoms with Gasteiger partial charge in [-0.3, -0.25) is 0 Å². The largest absolute Gasteiger partial charge is 0.206 e. The molecule has 0 aliphatic carbocycles. The molecule has 2 aromatic rings. The summed E-state index contributed by atoms with van der Waals surface area (Å²) < 4.78 is 14.4. The molecule has 0 aliphatic heterocycles. The van der Waals surface area contributed by atoms with Crippen molar-refractivity contribution in [1.29, 1.82) is 0 Å². The van der Waals surface area contributed by atoms with Gasteiger partial charge in [0.25, 0.3) is 0 Å². The quantitative estimate of drug-likeness (QED) is 0.556. The van der Waals surface area contributed by atoms with Crippen LogP contribution in [0.4, 0.5) is 4.39 Å². The Balaban J connectivity index is 2.97. The van der Waals surface area contributed by atoms with E-state index in [-0.39, 0.29) is 5.82 Å². The summed E-state index contributed by atoms with van der Waals surface area (Å²) in [6.45, 7) is 0. The standard InChI is InChI=1S/C6H2FI2N3/c7-2-1-3(8)5-6(4(2)9)11-12-10-5/h1H,(H,10,11,12). The molecule has 1 aromatic carbocycles. The van der Waals surface area contributed by atoms with Crippen molar-refractivity contribution >= 4 is 56.2 Å². The lowest BCUT2D eigenvalue weighted by Crippen LogP contribution is -1.86. The molecule has 1 heterocycles. The van der Waals surface area contributed by atoms with Crippen LogP contribution in [0.3, 0.4) is 0 Å². The molecule has 0 fully saturated rings. The van der Waals surface area contributed by atoms with E-state index in [4.69, 9.17) is 0 Å². The van der Waals surface area contributed by atoms with Crippen molar-refractivity contribution in [2.75, 3.05) is 0 Å². The number of H-pyrrole nitrogens is 1. The molecule has 2 rings (SSSR count). The molecule has 12 heavy (non-hydrogen) atoms. The van der Waals surface area contributed by atoms with E-state index in [9.17, 15) is 4.39 Å². The summed E-state index contributed by atoms with van der Waals surface area (Å²) in [7, 11) is 0. The first-order chi connectivity index (χ1) is 5.70. The van der Waals surface area contributed by atoms with Crippen molar-refractivity contribution in [3.8, 4) is 0 Å². The molecule has 0 amide bonds. The van der Waals surface area contributed by atoms with Crippen LogP contribution in [0.2, 0.25) is 0 Å². The zero-order valence-electron chi connectivity index (χ0n) is 5.61. The number of halogens is 3. The maximum atomic E-state index is 13.1. The fourth-order valence-electron chi connectivity index (χ4n) is 0.907. The third-order valence-electron chi connectivity index (χ3n) is 1.45. The van der Waals surface area contributed by atoms with Gasteiger partial charge < -0.3 is 0 Å². The van der Waals surface area contributed by atoms with Crippen LogP contribution in [0.25, 0.3) is 11.0 Å². The molecular weight excluding hydrogens is 387 g/mol. The lowest BCUT2D eigenvalue weighted by Gasteiger charge is -1.95. The van der Waals surface area contributed by atoms with E-state index >= 15 is 0 Å². The van der Waals surface area contributed by atoms with E-state index in [0.717, 1.165) is 9.09 Å². The number of rotatable bonds is 0. The van der Waals surface area contributed by atoms with Crippen molar-refractivity contribution in [2.45, 2.75) is 0 Å². The maximum absolute atomic E-state index is 13.1. The monoisotopic (exact) mass is 389 g/mol. The number of aromatic nitrogens is 3. The molecule has 0 saturated carbocycles. The van der Waals surface area contributed by atoms with Crippen molar-refractivity contribution in [2.24, 2.45) is 0 Å². The summed E-state index contributed by atoms with van der Waals surface area (Å²) in [5, 5.41) is 10.2. The van der Waals surface area contributed by atoms with Gasteiger partial charge in [0.1, 0.15) is 16.9 Å². The number of fused-ring (bicyclic) bond motifs is 1. The normalized spacial score (nSPS) is 10.9. The van der Waals surface area contributed by atoms with Gasteiger partial charge in [-0.05, 0) is 51.2 Å². The average molecular weight is 389 g/mol. The van der Waals surface area contributed by atoms with Gasteiger partial charge in [0.15, 0.2) is 0 Å². The predicted molar refractivity (Wildman–Crippen MR) is 59.3 cm³/mol. The zero-order chi connectivity index (χ0) is 8.72. The minimum atomic E-state index is -0.249. The number of nitrogens with zero attached hydrogens (tertiary/aromatic N) is 2. The second-order valence-electron chi connectivity index (χ2n) is 2.18. The Morgan fingerprint density at radius 3 is 2.67 bits per heavy atom. The third-order valence-corrected chi connectivity index (χ3v) is 3.29. The Bertz CT molecular complexity index is 440. The van der Waals surface area contributed by atoms with E-state index in [2.05, 4.69) is 15.4 Å². The van der Waals surface area contributed by atoms with Crippen molar-refractivity contribution in [3.05, 3.63) is 19.0 Å². The summed E-state index contributed by atoms with van der Waals surface area (Å²) >= 11 is 3.95. The van der Waals surface area contributed by atoms with Gasteiger partial charge in [-0.1, -0.05) is 0 Å². The summed E-state index contributed by atoms with van der Waals surface area (Å²) in [6.07, 6.45) is 0. The van der Waals surface area contributed by atoms with E-state index in [1.165, 1.54) is 6.07 Å². The van der Waals surface area contributed by atoms with Crippen molar-refractivity contribution < 1.29 is 4.39 Å². The Hall–Kier alpha value is 0.01000. The molecule has 0 spiro atoms. The van der Waals surface area contributed by atoms with E-state index < -0.39 is 0 Å². The van der Waals surface area contributed by atoms with Crippen LogP contribution in [0.15, 0.2) is 6.07 Å². The summed E-state index contributed by atoms with van der Waals surface area (Å²) in [6, 6.07) is 1.45. The van der Waals surface area contributed by atoms with Crippen LogP contribution in [0.5, 0.6) is 0 Å². The minimum absolute atomic E-state index is 0.249. The van der Waals surface area contributed by atoms with Gasteiger partial charge in [-0.25, -0.2) is 4.39 Å². The van der Waals surface area contributed by atoms with Crippen LogP contribution in [0.1, 0.15) is 0 Å². The van der Waals surface area contributed by atoms with Gasteiger partial charge in [-0.2, -0.15) is 15.4 Å². The van der Waals surface area contributed by atoms with Gasteiger partial charge >= 0.3 is 0 Å². The van der Waals surface area contributed by atoms with Crippen LogP contribution in [0, 0.1) is 13.0 Å². The first-order valence-corrected chi connectivity index (χ1v) is 5.20. The van der Waals surface area contributed by atoms with Crippen LogP contribution in [-0.2, 0) is 0 Å². The SMILES string of the molecule is Fc1cc(I)c2n[nH]nc2c1I. The second kappa shape index (κ2) is 3.05. The van der Waals surface area contributed by atoms with Gasteiger partial charge in [0.2, 0.25) is 0 Å². The Morgan fingerprint density at radius 1 is 1.25 bits per heavy atom. The van der Waals surface area contributed by atoms with Gasteiger partial charge in [-0.15, -0.1) is 0 Å². The smallest absolute Gasteiger partial charge is 0.140 e. The number of benzene rings is 1. The maximum Gasteiger partial charge on any atom is 0.140 e. The number of hydrogen-bond acceptors (Lipinski definition) is 2. The fourth-order valence-corrected chi connectivity index (χ4v) is 2.09. The summed E-state index contributed by atoms with van der Waals surface area (Å²) in [5.74, 6) is -0.249. The Morgan fingerprint density at radius 2 is 1.92 bits per heavy atom. The third kappa shape index (κ3) is 1.20. The highest BCUT2D eigenvalue weighted by Gasteiger charge is 2.11. The molecule has 0 radical (unpaired) electrons. The van der Waals surface area contributed by atoms with Crippen molar-refractivity contribution in [3.63, 3.8) is 0 Å². The Kier molecular flexibility index (Phi) is 2.19. The topological polar surface area (TPSA) is 41.6 Å². The van der Waals surface area contributed by atoms with Gasteiger partial charge in [0.05, 0.1) is 3.57 Å². The molecular formula is C6H2FI2N3. The number of hydrogen-bond donors (Lipinski definition) is 1. The summed E-state index contributed by atoms with van der Waals surface area (Å²) in [5.41, 5.74) is 1.32. The predicted octanol–water partition coefficient (Wildman–Crippen LogP) is 2.31. The average Bonchev–Trinajstić information content (AvgIpc) is 2.48. The van der Waals surface area contributed by atoms with Crippen LogP contribution >= 0.6 is 45.2 Å². The number of aromatic amines is 1. The first kappa shape index (κ1) is 8.60. The minimum Gasteiger partial charge on any atom is -0.206 e. The lowest BCUT2D eigenvalue weighted by atomic mass is 10.3. The van der Waals surface area contributed by atoms with Crippen molar-refractivity contribution in [1.82, 2.24) is 15.4 Å². The Labute approximate surface area is 94.4 Å². The molecule has 0 aliphatic rings. The molecule has 3 nitrogen and oxygen atoms in total. The molecule has 0 atom stereocenters. The van der Waals surface area contributed by atoms with Crippen LogP contribution in [-0.4, -0.2) is 15.4 Å². The molecule has 6 heteroatoms. The highest BCUT2D eigenvalue weighted by Crippen LogP contribution is 2.24. The zero-order valence-corrected chi connectivity index (χ0v) is 9.92. The van der Waals surface area contributed by atoms with E-state index in [1.807, 2.05) is 45.2 Å². The fraction of sp³-hybridized carbons (Fsp3) is 0. The van der Waals surface area contributed by atoms with E-state index in [1.54, 1.807) is 0 Å². The highest BCUT2D eigenvalue weighted by molar-refractivity contribution is 14.1. The molecule has 1 N–H and O–H groups in total. The second-order valence-corrected chi connectivity index (χ2v) is 4.42. The van der Waals surface area contributed by atoms with Crippen LogP contribution < -0.4 is 0 Å². The lowest BCUT2D eigenvalue weighted by molar-refractivity contribution is 0.621. The molecule has 1 aromatic heterocycles. The highest BCUT2D eigenvalue weighted by atomic mass is 127. The molecule has 0 saturated heterocycles.